The predicted octanol–water partition coefficient (Wildman–Crippen LogP) is 3.76. The van der Waals surface area contributed by atoms with Crippen molar-refractivity contribution >= 4 is 16.9 Å². The number of aromatic nitrogens is 3. The van der Waals surface area contributed by atoms with E-state index in [4.69, 9.17) is 0 Å². The number of amides is 1. The van der Waals surface area contributed by atoms with Gasteiger partial charge in [-0.1, -0.05) is 12.1 Å². The Labute approximate surface area is 159 Å². The van der Waals surface area contributed by atoms with Gasteiger partial charge in [-0.2, -0.15) is 5.10 Å². The van der Waals surface area contributed by atoms with Crippen molar-refractivity contribution < 1.29 is 22.7 Å². The maximum atomic E-state index is 13.0. The molecule has 0 aliphatic carbocycles. The molecule has 3 rings (SSSR count). The number of fused-ring (bicyclic) bond motifs is 1. The lowest BCUT2D eigenvalue weighted by atomic mass is 10.1. The number of aryl methyl sites for hydroxylation is 3. The van der Waals surface area contributed by atoms with Crippen molar-refractivity contribution in [2.75, 3.05) is 7.05 Å². The number of hydrogen-bond donors (Lipinski definition) is 0. The lowest BCUT2D eigenvalue weighted by Gasteiger charge is -2.18. The molecule has 0 bridgehead atoms. The number of ether oxygens (including phenoxy) is 1. The highest BCUT2D eigenvalue weighted by Crippen LogP contribution is 2.25. The Morgan fingerprint density at radius 1 is 1.21 bits per heavy atom. The maximum absolute atomic E-state index is 13.0. The molecule has 2 aromatic heterocycles. The fourth-order valence-corrected chi connectivity index (χ4v) is 3.09. The molecule has 0 saturated carbocycles. The second kappa shape index (κ2) is 7.14. The maximum Gasteiger partial charge on any atom is 0.573 e. The Morgan fingerprint density at radius 3 is 2.46 bits per heavy atom. The van der Waals surface area contributed by atoms with Crippen LogP contribution < -0.4 is 4.74 Å². The van der Waals surface area contributed by atoms with Gasteiger partial charge in [0.2, 0.25) is 0 Å². The molecular weight excluding hydrogens is 373 g/mol. The topological polar surface area (TPSA) is 60.3 Å². The van der Waals surface area contributed by atoms with E-state index in [2.05, 4.69) is 14.8 Å². The number of hydrogen-bond acceptors (Lipinski definition) is 4. The molecule has 0 unspecified atom stereocenters. The highest BCUT2D eigenvalue weighted by atomic mass is 19.4. The lowest BCUT2D eigenvalue weighted by molar-refractivity contribution is -0.274. The third-order valence-electron chi connectivity index (χ3n) is 4.25. The minimum Gasteiger partial charge on any atom is -0.406 e. The van der Waals surface area contributed by atoms with Gasteiger partial charge >= 0.3 is 6.36 Å². The minimum atomic E-state index is -4.74. The summed E-state index contributed by atoms with van der Waals surface area (Å²) in [5, 5.41) is 5.03. The average Bonchev–Trinajstić information content (AvgIpc) is 2.88. The standard InChI is InChI=1S/C19H19F3N4O2/c1-11-9-15(16-12(2)24-26(4)17(16)23-11)18(27)25(3)10-13-5-7-14(8-6-13)28-19(20,21)22/h5-9H,10H2,1-4H3. The van der Waals surface area contributed by atoms with E-state index in [0.29, 0.717) is 33.5 Å². The third-order valence-corrected chi connectivity index (χ3v) is 4.25. The van der Waals surface area contributed by atoms with Crippen molar-refractivity contribution in [3.63, 3.8) is 0 Å². The first-order chi connectivity index (χ1) is 13.0. The van der Waals surface area contributed by atoms with Crippen LogP contribution in [0.2, 0.25) is 0 Å². The summed E-state index contributed by atoms with van der Waals surface area (Å²) in [4.78, 5) is 19.0. The summed E-state index contributed by atoms with van der Waals surface area (Å²) < 4.78 is 42.3. The minimum absolute atomic E-state index is 0.220. The zero-order valence-corrected chi connectivity index (χ0v) is 15.8. The molecule has 0 spiro atoms. The van der Waals surface area contributed by atoms with E-state index in [1.807, 2.05) is 6.92 Å². The first-order valence-electron chi connectivity index (χ1n) is 8.46. The quantitative estimate of drug-likeness (QED) is 0.678. The number of pyridine rings is 1. The highest BCUT2D eigenvalue weighted by molar-refractivity contribution is 6.06. The van der Waals surface area contributed by atoms with Gasteiger partial charge in [0.15, 0.2) is 5.65 Å². The molecule has 2 heterocycles. The van der Waals surface area contributed by atoms with Crippen LogP contribution in [0.1, 0.15) is 27.3 Å². The number of alkyl halides is 3. The number of carbonyl (C=O) groups is 1. The van der Waals surface area contributed by atoms with Gasteiger partial charge in [-0.05, 0) is 37.6 Å². The van der Waals surface area contributed by atoms with Gasteiger partial charge in [-0.15, -0.1) is 13.2 Å². The summed E-state index contributed by atoms with van der Waals surface area (Å²) in [6.07, 6.45) is -4.74. The van der Waals surface area contributed by atoms with Crippen LogP contribution >= 0.6 is 0 Å². The summed E-state index contributed by atoms with van der Waals surface area (Å²) in [6, 6.07) is 7.15. The second-order valence-corrected chi connectivity index (χ2v) is 6.57. The average molecular weight is 392 g/mol. The fraction of sp³-hybridized carbons (Fsp3) is 0.316. The van der Waals surface area contributed by atoms with Crippen molar-refractivity contribution in [3.05, 3.63) is 52.8 Å². The number of benzene rings is 1. The van der Waals surface area contributed by atoms with Crippen molar-refractivity contribution in [3.8, 4) is 5.75 Å². The Bertz CT molecular complexity index is 1030. The summed E-state index contributed by atoms with van der Waals surface area (Å²) in [5.74, 6) is -0.523. The van der Waals surface area contributed by atoms with Crippen molar-refractivity contribution in [1.29, 1.82) is 0 Å². The Morgan fingerprint density at radius 2 is 1.86 bits per heavy atom. The van der Waals surface area contributed by atoms with Gasteiger partial charge in [0.1, 0.15) is 5.75 Å². The van der Waals surface area contributed by atoms with E-state index in [0.717, 1.165) is 0 Å². The Balaban J connectivity index is 1.83. The van der Waals surface area contributed by atoms with Crippen LogP contribution in [0.25, 0.3) is 11.0 Å². The molecule has 6 nitrogen and oxygen atoms in total. The summed E-state index contributed by atoms with van der Waals surface area (Å²) in [6.45, 7) is 3.85. The number of halogens is 3. The van der Waals surface area contributed by atoms with Crippen LogP contribution in [0.5, 0.6) is 5.75 Å². The molecule has 0 fully saturated rings. The van der Waals surface area contributed by atoms with Gasteiger partial charge in [0.25, 0.3) is 5.91 Å². The smallest absolute Gasteiger partial charge is 0.406 e. The SMILES string of the molecule is Cc1cc(C(=O)N(C)Cc2ccc(OC(F)(F)F)cc2)c2c(C)nn(C)c2n1. The normalized spacial score (nSPS) is 11.7. The summed E-state index contributed by atoms with van der Waals surface area (Å²) in [7, 11) is 3.40. The highest BCUT2D eigenvalue weighted by Gasteiger charge is 2.31. The molecule has 148 valence electrons. The molecule has 0 atom stereocenters. The number of carbonyl (C=O) groups excluding carboxylic acids is 1. The van der Waals surface area contributed by atoms with Gasteiger partial charge in [0, 0.05) is 26.3 Å². The molecule has 28 heavy (non-hydrogen) atoms. The van der Waals surface area contributed by atoms with Gasteiger partial charge in [-0.3, -0.25) is 9.48 Å². The van der Waals surface area contributed by atoms with E-state index in [-0.39, 0.29) is 18.2 Å². The van der Waals surface area contributed by atoms with Crippen molar-refractivity contribution in [1.82, 2.24) is 19.7 Å². The predicted molar refractivity (Wildman–Crippen MR) is 96.9 cm³/mol. The van der Waals surface area contributed by atoms with Crippen LogP contribution in [0, 0.1) is 13.8 Å². The Kier molecular flexibility index (Phi) is 5.01. The Hall–Kier alpha value is -3.10. The molecule has 0 aliphatic heterocycles. The monoisotopic (exact) mass is 392 g/mol. The zero-order chi connectivity index (χ0) is 20.6. The largest absolute Gasteiger partial charge is 0.573 e. The van der Waals surface area contributed by atoms with Crippen molar-refractivity contribution in [2.45, 2.75) is 26.8 Å². The fourth-order valence-electron chi connectivity index (χ4n) is 3.09. The van der Waals surface area contributed by atoms with E-state index < -0.39 is 6.36 Å². The van der Waals surface area contributed by atoms with Crippen molar-refractivity contribution in [2.24, 2.45) is 7.05 Å². The molecular formula is C19H19F3N4O2. The van der Waals surface area contributed by atoms with Gasteiger partial charge in [-0.25, -0.2) is 4.98 Å². The van der Waals surface area contributed by atoms with E-state index >= 15 is 0 Å². The molecule has 3 aromatic rings. The summed E-state index contributed by atoms with van der Waals surface area (Å²) >= 11 is 0. The molecule has 0 aliphatic rings. The molecule has 1 amide bonds. The van der Waals surface area contributed by atoms with Gasteiger partial charge in [0.05, 0.1) is 16.6 Å². The van der Waals surface area contributed by atoms with Crippen LogP contribution in [-0.2, 0) is 13.6 Å². The van der Waals surface area contributed by atoms with E-state index in [9.17, 15) is 18.0 Å². The van der Waals surface area contributed by atoms with Crippen LogP contribution in [0.15, 0.2) is 30.3 Å². The van der Waals surface area contributed by atoms with E-state index in [1.54, 1.807) is 31.8 Å². The molecule has 1 aromatic carbocycles. The molecule has 0 N–H and O–H groups in total. The molecule has 0 radical (unpaired) electrons. The van der Waals surface area contributed by atoms with Crippen LogP contribution in [0.3, 0.4) is 0 Å². The number of nitrogens with zero attached hydrogens (tertiary/aromatic N) is 4. The third kappa shape index (κ3) is 4.08. The van der Waals surface area contributed by atoms with Crippen LogP contribution in [-0.4, -0.2) is 39.0 Å². The van der Waals surface area contributed by atoms with Crippen LogP contribution in [0.4, 0.5) is 13.2 Å². The molecule has 9 heteroatoms. The lowest BCUT2D eigenvalue weighted by Crippen LogP contribution is -2.26. The first kappa shape index (κ1) is 19.7. The number of rotatable bonds is 4. The van der Waals surface area contributed by atoms with Gasteiger partial charge < -0.3 is 9.64 Å². The zero-order valence-electron chi connectivity index (χ0n) is 15.8. The first-order valence-corrected chi connectivity index (χ1v) is 8.46. The summed E-state index contributed by atoms with van der Waals surface area (Å²) in [5.41, 5.74) is 3.20. The second-order valence-electron chi connectivity index (χ2n) is 6.57. The van der Waals surface area contributed by atoms with E-state index in [1.165, 1.54) is 29.2 Å². The molecule has 0 saturated heterocycles.